The minimum atomic E-state index is -0.884. The van der Waals surface area contributed by atoms with Crippen molar-refractivity contribution in [2.24, 2.45) is 0 Å². The van der Waals surface area contributed by atoms with Gasteiger partial charge < -0.3 is 15.7 Å². The van der Waals surface area contributed by atoms with E-state index in [2.05, 4.69) is 21.7 Å². The van der Waals surface area contributed by atoms with Crippen molar-refractivity contribution in [2.75, 3.05) is 5.32 Å². The Hall–Kier alpha value is -2.41. The number of hydrogen-bond acceptors (Lipinski definition) is 5. The summed E-state index contributed by atoms with van der Waals surface area (Å²) in [6, 6.07) is 14.5. The number of rotatable bonds is 7. The zero-order valence-corrected chi connectivity index (χ0v) is 17.2. The number of nitrogens with one attached hydrogen (secondary N) is 2. The third kappa shape index (κ3) is 5.32. The maximum atomic E-state index is 12.6. The van der Waals surface area contributed by atoms with Crippen LogP contribution in [-0.4, -0.2) is 28.1 Å². The molecule has 0 aliphatic rings. The van der Waals surface area contributed by atoms with Crippen molar-refractivity contribution >= 4 is 34.0 Å². The molecule has 2 atom stereocenters. The lowest BCUT2D eigenvalue weighted by Crippen LogP contribution is -2.45. The molecule has 0 radical (unpaired) electrons. The maximum Gasteiger partial charge on any atom is 0.245 e. The second kappa shape index (κ2) is 9.19. The summed E-state index contributed by atoms with van der Waals surface area (Å²) in [6.45, 7) is 3.94. The smallest absolute Gasteiger partial charge is 0.245 e. The van der Waals surface area contributed by atoms with Crippen molar-refractivity contribution in [1.29, 1.82) is 0 Å². The van der Waals surface area contributed by atoms with Crippen molar-refractivity contribution in [3.63, 3.8) is 0 Å². The molecule has 28 heavy (non-hydrogen) atoms. The molecule has 146 valence electrons. The summed E-state index contributed by atoms with van der Waals surface area (Å²) in [5, 5.41) is 19.1. The molecule has 3 N–H and O–H groups in total. The number of thiazole rings is 1. The van der Waals surface area contributed by atoms with Gasteiger partial charge in [0.05, 0.1) is 11.8 Å². The van der Waals surface area contributed by atoms with E-state index >= 15 is 0 Å². The van der Waals surface area contributed by atoms with Crippen LogP contribution in [0.5, 0.6) is 0 Å². The van der Waals surface area contributed by atoms with Gasteiger partial charge in [0.25, 0.3) is 0 Å². The largest absolute Gasteiger partial charge is 0.391 e. The number of aliphatic hydroxyl groups is 1. The van der Waals surface area contributed by atoms with Crippen molar-refractivity contribution in [3.8, 4) is 11.3 Å². The lowest BCUT2D eigenvalue weighted by Gasteiger charge is -2.20. The minimum absolute atomic E-state index is 0.303. The summed E-state index contributed by atoms with van der Waals surface area (Å²) in [5.41, 5.74) is 3.90. The van der Waals surface area contributed by atoms with E-state index in [9.17, 15) is 9.90 Å². The van der Waals surface area contributed by atoms with Crippen molar-refractivity contribution < 1.29 is 9.90 Å². The summed E-state index contributed by atoms with van der Waals surface area (Å²) >= 11 is 7.37. The monoisotopic (exact) mass is 415 g/mol. The molecular weight excluding hydrogens is 394 g/mol. The Kier molecular flexibility index (Phi) is 6.67. The van der Waals surface area contributed by atoms with Crippen molar-refractivity contribution in [3.05, 3.63) is 70.1 Å². The average Bonchev–Trinajstić information content (AvgIpc) is 3.13. The molecule has 0 aliphatic heterocycles. The first-order valence-electron chi connectivity index (χ1n) is 8.91. The van der Waals surface area contributed by atoms with Crippen LogP contribution in [0.2, 0.25) is 5.02 Å². The van der Waals surface area contributed by atoms with Gasteiger partial charge in [-0.25, -0.2) is 4.98 Å². The Morgan fingerprint density at radius 3 is 2.75 bits per heavy atom. The molecule has 5 nitrogen and oxygen atoms in total. The third-order valence-electron chi connectivity index (χ3n) is 4.22. The van der Waals surface area contributed by atoms with Gasteiger partial charge in [-0.05, 0) is 37.6 Å². The number of hydrogen-bond donors (Lipinski definition) is 3. The van der Waals surface area contributed by atoms with Crippen LogP contribution in [-0.2, 0) is 11.3 Å². The number of aryl methyl sites for hydroxylation is 1. The van der Waals surface area contributed by atoms with E-state index in [1.54, 1.807) is 19.1 Å². The lowest BCUT2D eigenvalue weighted by molar-refractivity contribution is -0.123. The van der Waals surface area contributed by atoms with Gasteiger partial charge in [0.1, 0.15) is 6.04 Å². The summed E-state index contributed by atoms with van der Waals surface area (Å²) in [7, 11) is 0. The van der Waals surface area contributed by atoms with E-state index in [4.69, 9.17) is 11.6 Å². The van der Waals surface area contributed by atoms with Crippen LogP contribution < -0.4 is 10.6 Å². The van der Waals surface area contributed by atoms with Crippen LogP contribution in [0.3, 0.4) is 0 Å². The van der Waals surface area contributed by atoms with Gasteiger partial charge >= 0.3 is 0 Å². The van der Waals surface area contributed by atoms with Gasteiger partial charge in [-0.3, -0.25) is 4.79 Å². The number of carbonyl (C=O) groups is 1. The fraction of sp³-hybridized carbons (Fsp3) is 0.238. The molecule has 0 fully saturated rings. The number of aromatic nitrogens is 1. The number of benzene rings is 2. The molecule has 1 heterocycles. The molecule has 2 aromatic carbocycles. The number of amides is 1. The van der Waals surface area contributed by atoms with Gasteiger partial charge in [0, 0.05) is 22.5 Å². The van der Waals surface area contributed by atoms with E-state index in [-0.39, 0.29) is 5.91 Å². The summed E-state index contributed by atoms with van der Waals surface area (Å²) < 4.78 is 0. The van der Waals surface area contributed by atoms with E-state index in [1.807, 2.05) is 42.6 Å². The summed E-state index contributed by atoms with van der Waals surface area (Å²) in [5.74, 6) is -0.303. The highest BCUT2D eigenvalue weighted by molar-refractivity contribution is 7.14. The molecule has 0 bridgehead atoms. The average molecular weight is 416 g/mol. The zero-order valence-electron chi connectivity index (χ0n) is 15.6. The molecule has 0 aliphatic carbocycles. The molecule has 3 aromatic rings. The highest BCUT2D eigenvalue weighted by Gasteiger charge is 2.24. The molecule has 0 saturated carbocycles. The van der Waals surface area contributed by atoms with Crippen molar-refractivity contribution in [2.45, 2.75) is 32.5 Å². The molecule has 0 saturated heterocycles. The van der Waals surface area contributed by atoms with Gasteiger partial charge in [0.2, 0.25) is 5.91 Å². The SMILES string of the molecule is Cc1cccc(-c2csc(N[C@H](C(=O)NCc3cccc(Cl)c3)[C@@H](C)O)n2)c1. The maximum absolute atomic E-state index is 12.6. The van der Waals surface area contributed by atoms with Crippen LogP contribution in [0.4, 0.5) is 5.13 Å². The van der Waals surface area contributed by atoms with E-state index in [0.29, 0.717) is 16.7 Å². The number of halogens is 1. The second-order valence-electron chi connectivity index (χ2n) is 6.62. The molecule has 3 rings (SSSR count). The van der Waals surface area contributed by atoms with E-state index in [0.717, 1.165) is 22.4 Å². The quantitative estimate of drug-likeness (QED) is 0.539. The first-order chi connectivity index (χ1) is 13.4. The Balaban J connectivity index is 1.66. The van der Waals surface area contributed by atoms with Gasteiger partial charge in [-0.2, -0.15) is 0 Å². The molecule has 0 unspecified atom stereocenters. The van der Waals surface area contributed by atoms with Gasteiger partial charge in [-0.1, -0.05) is 47.5 Å². The predicted molar refractivity (Wildman–Crippen MR) is 115 cm³/mol. The fourth-order valence-electron chi connectivity index (χ4n) is 2.76. The first kappa shape index (κ1) is 20.3. The molecule has 0 spiro atoms. The van der Waals surface area contributed by atoms with Gasteiger partial charge in [-0.15, -0.1) is 11.3 Å². The number of nitrogens with zero attached hydrogens (tertiary/aromatic N) is 1. The fourth-order valence-corrected chi connectivity index (χ4v) is 3.73. The zero-order chi connectivity index (χ0) is 20.1. The standard InChI is InChI=1S/C21H22ClN3O2S/c1-13-5-3-7-16(9-13)18-12-28-21(24-18)25-19(14(2)26)20(27)23-11-15-6-4-8-17(22)10-15/h3-10,12,14,19,26H,11H2,1-2H3,(H,23,27)(H,24,25)/t14-,19+/m1/s1. The topological polar surface area (TPSA) is 74.2 Å². The van der Waals surface area contributed by atoms with Crippen LogP contribution >= 0.6 is 22.9 Å². The Morgan fingerprint density at radius 1 is 1.25 bits per heavy atom. The normalized spacial score (nSPS) is 13.0. The molecule has 7 heteroatoms. The minimum Gasteiger partial charge on any atom is -0.391 e. The Labute approximate surface area is 173 Å². The summed E-state index contributed by atoms with van der Waals surface area (Å²) in [6.07, 6.45) is -0.884. The Bertz CT molecular complexity index is 958. The predicted octanol–water partition coefficient (Wildman–Crippen LogP) is 4.25. The summed E-state index contributed by atoms with van der Waals surface area (Å²) in [4.78, 5) is 17.1. The number of carbonyl (C=O) groups excluding carboxylic acids is 1. The molecule has 1 aromatic heterocycles. The van der Waals surface area contributed by atoms with Gasteiger partial charge in [0.15, 0.2) is 5.13 Å². The second-order valence-corrected chi connectivity index (χ2v) is 7.91. The Morgan fingerprint density at radius 2 is 2.04 bits per heavy atom. The number of anilines is 1. The molecule has 1 amide bonds. The highest BCUT2D eigenvalue weighted by Crippen LogP contribution is 2.26. The van der Waals surface area contributed by atoms with E-state index in [1.165, 1.54) is 11.3 Å². The first-order valence-corrected chi connectivity index (χ1v) is 10.2. The van der Waals surface area contributed by atoms with Crippen LogP contribution in [0.15, 0.2) is 53.9 Å². The lowest BCUT2D eigenvalue weighted by atomic mass is 10.1. The highest BCUT2D eigenvalue weighted by atomic mass is 35.5. The number of aliphatic hydroxyl groups excluding tert-OH is 1. The van der Waals surface area contributed by atoms with Crippen LogP contribution in [0.25, 0.3) is 11.3 Å². The molecular formula is C21H22ClN3O2S. The van der Waals surface area contributed by atoms with Crippen LogP contribution in [0.1, 0.15) is 18.1 Å². The van der Waals surface area contributed by atoms with Crippen LogP contribution in [0, 0.1) is 6.92 Å². The third-order valence-corrected chi connectivity index (χ3v) is 5.23. The van der Waals surface area contributed by atoms with E-state index < -0.39 is 12.1 Å². The van der Waals surface area contributed by atoms with Crippen molar-refractivity contribution in [1.82, 2.24) is 10.3 Å².